The Hall–Kier alpha value is -0.920. The summed E-state index contributed by atoms with van der Waals surface area (Å²) in [5, 5.41) is 0. The van der Waals surface area contributed by atoms with E-state index >= 15 is 8.78 Å². The van der Waals surface area contributed by atoms with Crippen LogP contribution >= 0.6 is 0 Å². The summed E-state index contributed by atoms with van der Waals surface area (Å²) in [6.07, 6.45) is 19.6. The predicted molar refractivity (Wildman–Crippen MR) is 113 cm³/mol. The van der Waals surface area contributed by atoms with Gasteiger partial charge in [0.2, 0.25) is 0 Å². The van der Waals surface area contributed by atoms with E-state index in [0.29, 0.717) is 11.1 Å². The highest BCUT2D eigenvalue weighted by Crippen LogP contribution is 2.43. The van der Waals surface area contributed by atoms with Crippen LogP contribution in [-0.2, 0) is 0 Å². The summed E-state index contributed by atoms with van der Waals surface area (Å²) in [5.41, 5.74) is 1.32. The van der Waals surface area contributed by atoms with Gasteiger partial charge in [-0.1, -0.05) is 82.8 Å². The van der Waals surface area contributed by atoms with E-state index in [4.69, 9.17) is 0 Å². The van der Waals surface area contributed by atoms with Crippen LogP contribution in [0.4, 0.5) is 8.78 Å². The molecule has 0 nitrogen and oxygen atoms in total. The molecule has 1 aromatic rings. The van der Waals surface area contributed by atoms with Crippen LogP contribution in [0.15, 0.2) is 12.1 Å². The van der Waals surface area contributed by atoms with Gasteiger partial charge in [0.05, 0.1) is 0 Å². The minimum atomic E-state index is -0.530. The third-order valence-electron chi connectivity index (χ3n) is 8.21. The molecular formula is C26H38F2. The van der Waals surface area contributed by atoms with Gasteiger partial charge < -0.3 is 0 Å². The summed E-state index contributed by atoms with van der Waals surface area (Å²) in [5.74, 6) is 1.10. The van der Waals surface area contributed by atoms with Crippen LogP contribution in [0, 0.1) is 23.5 Å². The smallest absolute Gasteiger partial charge is 0.162 e. The predicted octanol–water partition coefficient (Wildman–Crippen LogP) is 8.65. The van der Waals surface area contributed by atoms with E-state index in [1.54, 1.807) is 0 Å². The number of benzene rings is 1. The Morgan fingerprint density at radius 2 is 0.893 bits per heavy atom. The van der Waals surface area contributed by atoms with Crippen molar-refractivity contribution in [2.75, 3.05) is 0 Å². The molecule has 2 heteroatoms. The maximum Gasteiger partial charge on any atom is 0.162 e. The molecule has 28 heavy (non-hydrogen) atoms. The summed E-state index contributed by atoms with van der Waals surface area (Å²) in [4.78, 5) is 0. The lowest BCUT2D eigenvalue weighted by Crippen LogP contribution is -2.17. The van der Waals surface area contributed by atoms with Crippen molar-refractivity contribution in [3.8, 4) is 0 Å². The molecule has 2 atom stereocenters. The zero-order chi connectivity index (χ0) is 19.3. The van der Waals surface area contributed by atoms with Crippen LogP contribution in [0.5, 0.6) is 0 Å². The maximum absolute atomic E-state index is 15.1. The number of hydrogen-bond acceptors (Lipinski definition) is 0. The van der Waals surface area contributed by atoms with E-state index in [-0.39, 0.29) is 11.8 Å². The van der Waals surface area contributed by atoms with Crippen molar-refractivity contribution in [1.29, 1.82) is 0 Å². The highest BCUT2D eigenvalue weighted by Gasteiger charge is 2.30. The first-order valence-corrected chi connectivity index (χ1v) is 12.2. The van der Waals surface area contributed by atoms with Gasteiger partial charge in [0, 0.05) is 0 Å². The van der Waals surface area contributed by atoms with Crippen molar-refractivity contribution >= 4 is 0 Å². The summed E-state index contributed by atoms with van der Waals surface area (Å²) in [6, 6.07) is 3.89. The molecule has 0 N–H and O–H groups in total. The van der Waals surface area contributed by atoms with E-state index in [1.807, 2.05) is 12.1 Å². The standard InChI is InChI=1S/C26H38F2/c27-25-23(21-11-4-1-2-5-12-21)17-18-24(26(25)28)22-14-8-13-20(15-16-22)19-9-6-3-7-10-19/h17-22H,1-16H2. The molecule has 2 unspecified atom stereocenters. The Bertz CT molecular complexity index is 624. The van der Waals surface area contributed by atoms with E-state index in [0.717, 1.165) is 50.4 Å². The van der Waals surface area contributed by atoms with Crippen molar-refractivity contribution in [3.05, 3.63) is 34.9 Å². The molecule has 0 bridgehead atoms. The molecule has 0 heterocycles. The Morgan fingerprint density at radius 1 is 0.464 bits per heavy atom. The minimum Gasteiger partial charge on any atom is -0.203 e. The molecule has 3 fully saturated rings. The van der Waals surface area contributed by atoms with Crippen LogP contribution in [-0.4, -0.2) is 0 Å². The Kier molecular flexibility index (Phi) is 7.07. The van der Waals surface area contributed by atoms with Crippen LogP contribution in [0.1, 0.15) is 126 Å². The normalized spacial score (nSPS) is 28.6. The van der Waals surface area contributed by atoms with Gasteiger partial charge in [-0.3, -0.25) is 0 Å². The summed E-state index contributed by atoms with van der Waals surface area (Å²) < 4.78 is 30.1. The van der Waals surface area contributed by atoms with Gasteiger partial charge in [-0.05, 0) is 66.9 Å². The lowest BCUT2D eigenvalue weighted by molar-refractivity contribution is 0.226. The highest BCUT2D eigenvalue weighted by atomic mass is 19.2. The van der Waals surface area contributed by atoms with E-state index in [9.17, 15) is 0 Å². The first kappa shape index (κ1) is 20.4. The molecule has 0 aromatic heterocycles. The third kappa shape index (κ3) is 4.62. The van der Waals surface area contributed by atoms with E-state index < -0.39 is 11.6 Å². The summed E-state index contributed by atoms with van der Waals surface area (Å²) in [7, 11) is 0. The fourth-order valence-electron chi connectivity index (χ4n) is 6.52. The third-order valence-corrected chi connectivity index (χ3v) is 8.21. The van der Waals surface area contributed by atoms with Crippen molar-refractivity contribution in [2.24, 2.45) is 11.8 Å². The topological polar surface area (TPSA) is 0 Å². The number of rotatable bonds is 3. The highest BCUT2D eigenvalue weighted by molar-refractivity contribution is 5.31. The van der Waals surface area contributed by atoms with Gasteiger partial charge in [0.25, 0.3) is 0 Å². The van der Waals surface area contributed by atoms with E-state index in [1.165, 1.54) is 64.2 Å². The second kappa shape index (κ2) is 9.72. The molecule has 0 spiro atoms. The van der Waals surface area contributed by atoms with Gasteiger partial charge in [-0.2, -0.15) is 0 Å². The van der Waals surface area contributed by atoms with Gasteiger partial charge in [-0.15, -0.1) is 0 Å². The average Bonchev–Trinajstić information content (AvgIpc) is 3.14. The molecule has 0 radical (unpaired) electrons. The molecule has 0 aliphatic heterocycles. The molecule has 0 saturated heterocycles. The van der Waals surface area contributed by atoms with Crippen molar-refractivity contribution in [1.82, 2.24) is 0 Å². The zero-order valence-corrected chi connectivity index (χ0v) is 17.5. The average molecular weight is 389 g/mol. The maximum atomic E-state index is 15.1. The second-order valence-electron chi connectivity index (χ2n) is 9.92. The SMILES string of the molecule is Fc1c(C2CCCCCC2)ccc(C2CCCC(C3CCCCC3)CC2)c1F. The van der Waals surface area contributed by atoms with Crippen LogP contribution in [0.25, 0.3) is 0 Å². The van der Waals surface area contributed by atoms with Crippen molar-refractivity contribution in [2.45, 2.75) is 115 Å². The van der Waals surface area contributed by atoms with Gasteiger partial charge in [0.15, 0.2) is 11.6 Å². The number of hydrogen-bond donors (Lipinski definition) is 0. The fourth-order valence-corrected chi connectivity index (χ4v) is 6.52. The molecule has 0 amide bonds. The van der Waals surface area contributed by atoms with Gasteiger partial charge in [-0.25, -0.2) is 8.78 Å². The zero-order valence-electron chi connectivity index (χ0n) is 17.5. The van der Waals surface area contributed by atoms with Crippen molar-refractivity contribution < 1.29 is 8.78 Å². The first-order valence-electron chi connectivity index (χ1n) is 12.2. The first-order chi connectivity index (χ1) is 13.7. The summed E-state index contributed by atoms with van der Waals surface area (Å²) in [6.45, 7) is 0. The molecular weight excluding hydrogens is 350 g/mol. The molecule has 4 rings (SSSR count). The van der Waals surface area contributed by atoms with Gasteiger partial charge in [0.1, 0.15) is 0 Å². The molecule has 156 valence electrons. The van der Waals surface area contributed by atoms with Crippen molar-refractivity contribution in [3.63, 3.8) is 0 Å². The molecule has 3 aliphatic carbocycles. The Morgan fingerprint density at radius 3 is 1.54 bits per heavy atom. The number of halogens is 2. The Balaban J connectivity index is 1.45. The van der Waals surface area contributed by atoms with Crippen LogP contribution < -0.4 is 0 Å². The monoisotopic (exact) mass is 388 g/mol. The molecule has 3 aliphatic rings. The van der Waals surface area contributed by atoms with E-state index in [2.05, 4.69) is 0 Å². The van der Waals surface area contributed by atoms with Crippen LogP contribution in [0.2, 0.25) is 0 Å². The lowest BCUT2D eigenvalue weighted by atomic mass is 9.76. The second-order valence-corrected chi connectivity index (χ2v) is 9.92. The quantitative estimate of drug-likeness (QED) is 0.454. The lowest BCUT2D eigenvalue weighted by Gasteiger charge is -2.29. The Labute approximate surface area is 170 Å². The fraction of sp³-hybridized carbons (Fsp3) is 0.769. The largest absolute Gasteiger partial charge is 0.203 e. The molecule has 3 saturated carbocycles. The van der Waals surface area contributed by atoms with Crippen LogP contribution in [0.3, 0.4) is 0 Å². The summed E-state index contributed by atoms with van der Waals surface area (Å²) >= 11 is 0. The minimum absolute atomic E-state index is 0.214. The molecule has 1 aromatic carbocycles. The van der Waals surface area contributed by atoms with Gasteiger partial charge >= 0.3 is 0 Å².